The second kappa shape index (κ2) is 6.89. The Labute approximate surface area is 156 Å². The molecule has 1 aliphatic heterocycles. The number of piperidine rings is 1. The minimum Gasteiger partial charge on any atom is -0.492 e. The molecule has 0 spiro atoms. The van der Waals surface area contributed by atoms with Gasteiger partial charge < -0.3 is 15.0 Å². The lowest BCUT2D eigenvalue weighted by Gasteiger charge is -2.33. The van der Waals surface area contributed by atoms with Crippen LogP contribution in [0.2, 0.25) is 5.02 Å². The van der Waals surface area contributed by atoms with E-state index in [1.54, 1.807) is 18.3 Å². The highest BCUT2D eigenvalue weighted by molar-refractivity contribution is 6.30. The molecule has 3 aromatic rings. The molecule has 136 valence electrons. The Morgan fingerprint density at radius 1 is 1.27 bits per heavy atom. The van der Waals surface area contributed by atoms with E-state index in [0.29, 0.717) is 6.61 Å². The van der Waals surface area contributed by atoms with Crippen LogP contribution in [0.25, 0.3) is 22.2 Å². The van der Waals surface area contributed by atoms with Gasteiger partial charge in [-0.25, -0.2) is 9.37 Å². The number of aromatic nitrogens is 2. The van der Waals surface area contributed by atoms with Crippen LogP contribution in [0.4, 0.5) is 4.39 Å². The summed E-state index contributed by atoms with van der Waals surface area (Å²) in [6.45, 7) is 4.95. The van der Waals surface area contributed by atoms with Crippen molar-refractivity contribution in [1.29, 1.82) is 0 Å². The fourth-order valence-corrected chi connectivity index (χ4v) is 3.58. The molecule has 1 aliphatic rings. The first-order valence-corrected chi connectivity index (χ1v) is 9.19. The largest absolute Gasteiger partial charge is 0.492 e. The minimum absolute atomic E-state index is 0.113. The molecule has 1 aromatic carbocycles. The van der Waals surface area contributed by atoms with Crippen LogP contribution in [0.3, 0.4) is 0 Å². The molecule has 2 aromatic heterocycles. The minimum atomic E-state index is -0.438. The Hall–Kier alpha value is -2.11. The van der Waals surface area contributed by atoms with E-state index in [0.717, 1.165) is 53.8 Å². The molecule has 0 unspecified atom stereocenters. The van der Waals surface area contributed by atoms with E-state index >= 15 is 0 Å². The Bertz CT molecular complexity index is 934. The monoisotopic (exact) mass is 373 g/mol. The summed E-state index contributed by atoms with van der Waals surface area (Å²) >= 11 is 5.82. The van der Waals surface area contributed by atoms with Crippen LogP contribution < -0.4 is 10.1 Å². The van der Waals surface area contributed by atoms with Gasteiger partial charge in [0.1, 0.15) is 17.2 Å². The highest BCUT2D eigenvalue weighted by Gasteiger charge is 2.28. The lowest BCUT2D eigenvalue weighted by Crippen LogP contribution is -2.38. The smallest absolute Gasteiger partial charge is 0.142 e. The average molecular weight is 374 g/mol. The zero-order valence-electron chi connectivity index (χ0n) is 14.6. The second-order valence-electron chi connectivity index (χ2n) is 7.21. The first-order valence-electron chi connectivity index (χ1n) is 8.81. The molecule has 4 rings (SSSR count). The van der Waals surface area contributed by atoms with Crippen molar-refractivity contribution in [1.82, 2.24) is 15.3 Å². The van der Waals surface area contributed by atoms with Crippen LogP contribution in [-0.4, -0.2) is 29.7 Å². The van der Waals surface area contributed by atoms with Gasteiger partial charge in [0.2, 0.25) is 0 Å². The lowest BCUT2D eigenvalue weighted by molar-refractivity contribution is 0.124. The van der Waals surface area contributed by atoms with Gasteiger partial charge in [0.15, 0.2) is 0 Å². The van der Waals surface area contributed by atoms with Gasteiger partial charge >= 0.3 is 0 Å². The van der Waals surface area contributed by atoms with E-state index in [2.05, 4.69) is 22.2 Å². The maximum Gasteiger partial charge on any atom is 0.142 e. The second-order valence-corrected chi connectivity index (χ2v) is 7.62. The van der Waals surface area contributed by atoms with E-state index in [1.807, 2.05) is 12.3 Å². The fourth-order valence-electron chi connectivity index (χ4n) is 3.46. The van der Waals surface area contributed by atoms with Crippen molar-refractivity contribution >= 4 is 22.6 Å². The number of ether oxygens (including phenoxy) is 1. The zero-order chi connectivity index (χ0) is 18.1. The average Bonchev–Trinajstić information content (AvgIpc) is 3.08. The maximum absolute atomic E-state index is 13.9. The predicted octanol–water partition coefficient (Wildman–Crippen LogP) is 4.79. The van der Waals surface area contributed by atoms with Gasteiger partial charge in [0.25, 0.3) is 0 Å². The molecule has 1 fully saturated rings. The number of nitrogens with zero attached hydrogens (tertiary/aromatic N) is 1. The number of hydrogen-bond donors (Lipinski definition) is 2. The molecule has 3 heterocycles. The van der Waals surface area contributed by atoms with Gasteiger partial charge in [0.05, 0.1) is 17.0 Å². The van der Waals surface area contributed by atoms with Crippen molar-refractivity contribution in [3.05, 3.63) is 47.5 Å². The molecule has 6 heteroatoms. The SMILES string of the molecule is CC1(COc2ccnc3[nH]cc(-c4ccc(Cl)c(F)c4)c23)CCNCC1. The molecule has 0 bridgehead atoms. The van der Waals surface area contributed by atoms with E-state index in [9.17, 15) is 4.39 Å². The van der Waals surface area contributed by atoms with E-state index < -0.39 is 5.82 Å². The van der Waals surface area contributed by atoms with Gasteiger partial charge in [-0.15, -0.1) is 0 Å². The number of H-pyrrole nitrogens is 1. The molecule has 0 atom stereocenters. The number of hydrogen-bond acceptors (Lipinski definition) is 3. The van der Waals surface area contributed by atoms with Crippen molar-refractivity contribution in [3.63, 3.8) is 0 Å². The Morgan fingerprint density at radius 2 is 2.08 bits per heavy atom. The lowest BCUT2D eigenvalue weighted by atomic mass is 9.82. The first-order chi connectivity index (χ1) is 12.6. The Balaban J connectivity index is 1.69. The summed E-state index contributed by atoms with van der Waals surface area (Å²) in [7, 11) is 0. The fraction of sp³-hybridized carbons (Fsp3) is 0.350. The molecule has 0 radical (unpaired) electrons. The van der Waals surface area contributed by atoms with E-state index in [1.165, 1.54) is 6.07 Å². The van der Waals surface area contributed by atoms with Crippen molar-refractivity contribution in [3.8, 4) is 16.9 Å². The molecule has 26 heavy (non-hydrogen) atoms. The van der Waals surface area contributed by atoms with Crippen LogP contribution in [0, 0.1) is 11.2 Å². The summed E-state index contributed by atoms with van der Waals surface area (Å²) < 4.78 is 20.1. The van der Waals surface area contributed by atoms with Crippen LogP contribution in [0.15, 0.2) is 36.7 Å². The third-order valence-corrected chi connectivity index (χ3v) is 5.46. The molecule has 0 amide bonds. The molecule has 1 saturated heterocycles. The van der Waals surface area contributed by atoms with Crippen LogP contribution in [0.5, 0.6) is 5.75 Å². The van der Waals surface area contributed by atoms with Gasteiger partial charge in [-0.3, -0.25) is 0 Å². The topological polar surface area (TPSA) is 49.9 Å². The summed E-state index contributed by atoms with van der Waals surface area (Å²) in [5.74, 6) is 0.327. The number of fused-ring (bicyclic) bond motifs is 1. The normalized spacial score (nSPS) is 16.7. The molecule has 2 N–H and O–H groups in total. The van der Waals surface area contributed by atoms with Crippen molar-refractivity contribution in [2.75, 3.05) is 19.7 Å². The van der Waals surface area contributed by atoms with E-state index in [4.69, 9.17) is 16.3 Å². The van der Waals surface area contributed by atoms with Crippen molar-refractivity contribution in [2.45, 2.75) is 19.8 Å². The first kappa shape index (κ1) is 17.3. The molecular formula is C20H21ClFN3O. The standard InChI is InChI=1S/C20H21ClFN3O/c1-20(5-8-23-9-6-20)12-26-17-4-7-24-19-18(17)14(11-25-19)13-2-3-15(21)16(22)10-13/h2-4,7,10-11,23H,5-6,8-9,12H2,1H3,(H,24,25). The number of rotatable bonds is 4. The number of halogens is 2. The highest BCUT2D eigenvalue weighted by Crippen LogP contribution is 2.37. The molecule has 4 nitrogen and oxygen atoms in total. The maximum atomic E-state index is 13.9. The number of pyridine rings is 1. The van der Waals surface area contributed by atoms with Gasteiger partial charge in [-0.1, -0.05) is 24.6 Å². The summed E-state index contributed by atoms with van der Waals surface area (Å²) in [6.07, 6.45) is 5.73. The number of benzene rings is 1. The predicted molar refractivity (Wildman–Crippen MR) is 102 cm³/mol. The van der Waals surface area contributed by atoms with Crippen molar-refractivity contribution < 1.29 is 9.13 Å². The summed E-state index contributed by atoms with van der Waals surface area (Å²) in [5, 5.41) is 4.37. The van der Waals surface area contributed by atoms with Gasteiger partial charge in [0, 0.05) is 23.4 Å². The Kier molecular flexibility index (Phi) is 4.59. The third kappa shape index (κ3) is 3.29. The van der Waals surface area contributed by atoms with Gasteiger partial charge in [-0.2, -0.15) is 0 Å². The van der Waals surface area contributed by atoms with Crippen LogP contribution in [-0.2, 0) is 0 Å². The number of nitrogens with one attached hydrogen (secondary N) is 2. The summed E-state index contributed by atoms with van der Waals surface area (Å²) in [4.78, 5) is 7.53. The molecule has 0 aliphatic carbocycles. The number of aromatic amines is 1. The van der Waals surface area contributed by atoms with Gasteiger partial charge in [-0.05, 0) is 49.7 Å². The van der Waals surface area contributed by atoms with E-state index in [-0.39, 0.29) is 10.4 Å². The highest BCUT2D eigenvalue weighted by atomic mass is 35.5. The zero-order valence-corrected chi connectivity index (χ0v) is 15.4. The van der Waals surface area contributed by atoms with Crippen LogP contribution >= 0.6 is 11.6 Å². The van der Waals surface area contributed by atoms with Crippen molar-refractivity contribution in [2.24, 2.45) is 5.41 Å². The Morgan fingerprint density at radius 3 is 2.85 bits per heavy atom. The quantitative estimate of drug-likeness (QED) is 0.691. The summed E-state index contributed by atoms with van der Waals surface area (Å²) in [6, 6.07) is 6.68. The molecular weight excluding hydrogens is 353 g/mol. The summed E-state index contributed by atoms with van der Waals surface area (Å²) in [5.41, 5.74) is 2.48. The van der Waals surface area contributed by atoms with Crippen LogP contribution in [0.1, 0.15) is 19.8 Å². The third-order valence-electron chi connectivity index (χ3n) is 5.15. The molecule has 0 saturated carbocycles.